The van der Waals surface area contributed by atoms with Gasteiger partial charge in [-0.3, -0.25) is 4.79 Å². The van der Waals surface area contributed by atoms with Gasteiger partial charge < -0.3 is 39.7 Å². The Bertz CT molecular complexity index is 2080. The van der Waals surface area contributed by atoms with Crippen LogP contribution in [0.2, 0.25) is 0 Å². The van der Waals surface area contributed by atoms with Gasteiger partial charge in [0.1, 0.15) is 30.0 Å². The minimum absolute atomic E-state index is 0.145. The van der Waals surface area contributed by atoms with Gasteiger partial charge in [-0.2, -0.15) is 0 Å². The van der Waals surface area contributed by atoms with Crippen LogP contribution in [-0.4, -0.2) is 75.8 Å². The van der Waals surface area contributed by atoms with Crippen molar-refractivity contribution in [3.63, 3.8) is 0 Å². The SMILES string of the molecule is CCOC1CC(c2nc3c(ccc4cc5c(cc43)OCc3cc(-c4cnc(C6CCCN6)[nH]4)ccc3-5)[nH]2)N(C(=O)C(NC(=O)OC)C(C)C)C1. The van der Waals surface area contributed by atoms with Crippen LogP contribution in [0.4, 0.5) is 4.79 Å². The van der Waals surface area contributed by atoms with E-state index in [4.69, 9.17) is 19.2 Å². The lowest BCUT2D eigenvalue weighted by atomic mass is 9.92. The number of alkyl carbamates (subject to hydrolysis) is 1. The molecule has 3 aliphatic rings. The van der Waals surface area contributed by atoms with Crippen molar-refractivity contribution in [1.82, 2.24) is 35.5 Å². The summed E-state index contributed by atoms with van der Waals surface area (Å²) in [6, 6.07) is 14.1. The fraction of sp³-hybridized carbons (Fsp3) is 0.421. The number of carbonyl (C=O) groups excluding carboxylic acids is 2. The Morgan fingerprint density at radius 2 is 1.98 bits per heavy atom. The zero-order valence-corrected chi connectivity index (χ0v) is 28.8. The molecule has 2 amide bonds. The van der Waals surface area contributed by atoms with Gasteiger partial charge in [-0.25, -0.2) is 14.8 Å². The zero-order valence-electron chi connectivity index (χ0n) is 28.8. The van der Waals surface area contributed by atoms with E-state index in [1.165, 1.54) is 13.5 Å². The summed E-state index contributed by atoms with van der Waals surface area (Å²) in [5.41, 5.74) is 7.12. The number of fused-ring (bicyclic) bond motifs is 6. The number of ether oxygens (including phenoxy) is 3. The molecule has 0 radical (unpaired) electrons. The second-order valence-corrected chi connectivity index (χ2v) is 13.8. The molecule has 4 N–H and O–H groups in total. The number of nitrogens with one attached hydrogen (secondary N) is 4. The lowest BCUT2D eigenvalue weighted by Gasteiger charge is -2.29. The van der Waals surface area contributed by atoms with Crippen LogP contribution in [0.15, 0.2) is 48.7 Å². The summed E-state index contributed by atoms with van der Waals surface area (Å²) >= 11 is 0. The maximum Gasteiger partial charge on any atom is 0.407 e. The lowest BCUT2D eigenvalue weighted by molar-refractivity contribution is -0.136. The van der Waals surface area contributed by atoms with Crippen molar-refractivity contribution in [2.24, 2.45) is 5.92 Å². The highest BCUT2D eigenvalue weighted by Crippen LogP contribution is 2.43. The van der Waals surface area contributed by atoms with Crippen molar-refractivity contribution in [3.05, 3.63) is 65.9 Å². The maximum absolute atomic E-state index is 14.0. The summed E-state index contributed by atoms with van der Waals surface area (Å²) in [5.74, 6) is 2.16. The van der Waals surface area contributed by atoms with Crippen molar-refractivity contribution < 1.29 is 23.8 Å². The largest absolute Gasteiger partial charge is 0.488 e. The number of methoxy groups -OCH3 is 1. The Labute approximate surface area is 290 Å². The third kappa shape index (κ3) is 5.75. The molecule has 4 unspecified atom stereocenters. The molecule has 2 fully saturated rings. The number of aromatic amines is 2. The van der Waals surface area contributed by atoms with Gasteiger partial charge in [-0.1, -0.05) is 32.0 Å². The number of benzene rings is 3. The van der Waals surface area contributed by atoms with Gasteiger partial charge in [0.2, 0.25) is 5.91 Å². The van der Waals surface area contributed by atoms with Gasteiger partial charge in [0.25, 0.3) is 0 Å². The van der Waals surface area contributed by atoms with E-state index in [2.05, 4.69) is 62.0 Å². The highest BCUT2D eigenvalue weighted by molar-refractivity contribution is 6.07. The van der Waals surface area contributed by atoms with Crippen LogP contribution >= 0.6 is 0 Å². The van der Waals surface area contributed by atoms with Crippen molar-refractivity contribution in [1.29, 1.82) is 0 Å². The first-order chi connectivity index (χ1) is 24.3. The Hall–Kier alpha value is -4.94. The fourth-order valence-electron chi connectivity index (χ4n) is 7.74. The molecule has 3 aliphatic heterocycles. The lowest BCUT2D eigenvalue weighted by Crippen LogP contribution is -2.51. The summed E-state index contributed by atoms with van der Waals surface area (Å²) in [5, 5.41) is 8.26. The average molecular weight is 678 g/mol. The third-order valence-electron chi connectivity index (χ3n) is 10.3. The molecule has 0 bridgehead atoms. The number of imidazole rings is 2. The molecular formula is C38H43N7O5. The molecule has 2 aromatic heterocycles. The van der Waals surface area contributed by atoms with Crippen LogP contribution in [0.25, 0.3) is 44.2 Å². The summed E-state index contributed by atoms with van der Waals surface area (Å²) in [4.78, 5) is 44.7. The van der Waals surface area contributed by atoms with E-state index in [1.807, 2.05) is 33.0 Å². The highest BCUT2D eigenvalue weighted by Gasteiger charge is 2.42. The Kier molecular flexibility index (Phi) is 8.44. The van der Waals surface area contributed by atoms with Crippen LogP contribution in [0.5, 0.6) is 5.75 Å². The quantitative estimate of drug-likeness (QED) is 0.153. The normalized spacial score (nSPS) is 20.6. The van der Waals surface area contributed by atoms with Crippen LogP contribution in [-0.2, 0) is 20.9 Å². The van der Waals surface area contributed by atoms with E-state index >= 15 is 0 Å². The predicted molar refractivity (Wildman–Crippen MR) is 190 cm³/mol. The van der Waals surface area contributed by atoms with E-state index < -0.39 is 12.1 Å². The third-order valence-corrected chi connectivity index (χ3v) is 10.3. The topological polar surface area (TPSA) is 146 Å². The van der Waals surface area contributed by atoms with E-state index in [-0.39, 0.29) is 24.0 Å². The van der Waals surface area contributed by atoms with Crippen molar-refractivity contribution in [2.45, 2.75) is 70.9 Å². The van der Waals surface area contributed by atoms with E-state index in [0.29, 0.717) is 38.0 Å². The molecule has 0 spiro atoms. The van der Waals surface area contributed by atoms with Crippen LogP contribution in [0.1, 0.15) is 69.3 Å². The number of rotatable bonds is 8. The van der Waals surface area contributed by atoms with Gasteiger partial charge in [-0.15, -0.1) is 0 Å². The second kappa shape index (κ2) is 13.1. The Balaban J connectivity index is 1.11. The molecule has 5 aromatic rings. The number of hydrogen-bond donors (Lipinski definition) is 4. The molecule has 8 rings (SSSR count). The first kappa shape index (κ1) is 32.3. The Morgan fingerprint density at radius 3 is 2.76 bits per heavy atom. The monoisotopic (exact) mass is 677 g/mol. The first-order valence-electron chi connectivity index (χ1n) is 17.6. The molecule has 3 aromatic carbocycles. The van der Waals surface area contributed by atoms with Gasteiger partial charge in [0.05, 0.1) is 48.2 Å². The first-order valence-corrected chi connectivity index (χ1v) is 17.6. The smallest absolute Gasteiger partial charge is 0.407 e. The van der Waals surface area contributed by atoms with Crippen molar-refractivity contribution in [2.75, 3.05) is 26.8 Å². The van der Waals surface area contributed by atoms with Crippen LogP contribution in [0, 0.1) is 5.92 Å². The number of H-pyrrole nitrogens is 2. The van der Waals surface area contributed by atoms with Gasteiger partial charge in [0.15, 0.2) is 0 Å². The number of hydrogen-bond acceptors (Lipinski definition) is 8. The number of aromatic nitrogens is 4. The minimum Gasteiger partial charge on any atom is -0.488 e. The van der Waals surface area contributed by atoms with Crippen LogP contribution in [0.3, 0.4) is 0 Å². The fourth-order valence-corrected chi connectivity index (χ4v) is 7.74. The van der Waals surface area contributed by atoms with Gasteiger partial charge in [-0.05, 0) is 78.6 Å². The number of amides is 2. The molecule has 50 heavy (non-hydrogen) atoms. The molecule has 2 saturated heterocycles. The minimum atomic E-state index is -0.746. The van der Waals surface area contributed by atoms with E-state index in [9.17, 15) is 9.59 Å². The summed E-state index contributed by atoms with van der Waals surface area (Å²) in [7, 11) is 1.29. The molecule has 12 nitrogen and oxygen atoms in total. The van der Waals surface area contributed by atoms with Gasteiger partial charge in [0, 0.05) is 30.5 Å². The van der Waals surface area contributed by atoms with Crippen molar-refractivity contribution in [3.8, 4) is 28.1 Å². The highest BCUT2D eigenvalue weighted by atomic mass is 16.5. The second-order valence-electron chi connectivity index (χ2n) is 13.8. The molecule has 5 heterocycles. The maximum atomic E-state index is 14.0. The van der Waals surface area contributed by atoms with Crippen molar-refractivity contribution >= 4 is 33.8 Å². The average Bonchev–Trinajstić information content (AvgIpc) is 3.95. The summed E-state index contributed by atoms with van der Waals surface area (Å²) in [6.07, 6.45) is 4.00. The number of nitrogens with zero attached hydrogens (tertiary/aromatic N) is 3. The molecule has 0 saturated carbocycles. The summed E-state index contributed by atoms with van der Waals surface area (Å²) < 4.78 is 17.2. The predicted octanol–water partition coefficient (Wildman–Crippen LogP) is 6.15. The Morgan fingerprint density at radius 1 is 1.10 bits per heavy atom. The molecule has 260 valence electrons. The van der Waals surface area contributed by atoms with Gasteiger partial charge >= 0.3 is 6.09 Å². The number of carbonyl (C=O) groups is 2. The van der Waals surface area contributed by atoms with E-state index in [1.54, 1.807) is 4.90 Å². The molecule has 12 heteroatoms. The van der Waals surface area contributed by atoms with Crippen LogP contribution < -0.4 is 15.4 Å². The zero-order chi connectivity index (χ0) is 34.5. The molecule has 4 atom stereocenters. The van der Waals surface area contributed by atoms with E-state index in [0.717, 1.165) is 74.3 Å². The number of likely N-dealkylation sites (tertiary alicyclic amines) is 1. The molecule has 0 aliphatic carbocycles. The summed E-state index contributed by atoms with van der Waals surface area (Å²) in [6.45, 7) is 8.19. The standard InChI is InChI=1S/C38H43N7O5/c1-5-49-24-15-31(45(18-24)37(46)33(20(2)3)44-38(47)48-4)36-41-28-11-9-21-14-27-25-10-8-22(30-17-40-35(42-30)29-7-6-12-39-29)13-23(25)19-50-32(27)16-26(21)34(28)43-36/h8-11,13-14,16-17,20,24,29,31,33,39H,5-7,12,15,18-19H2,1-4H3,(H,40,42)(H,41,43)(H,44,47). The molecular weight excluding hydrogens is 634 g/mol.